The van der Waals surface area contributed by atoms with Crippen LogP contribution in [0, 0.1) is 11.7 Å². The molecule has 0 aromatic heterocycles. The minimum atomic E-state index is -0.983. The number of nitrogens with one attached hydrogen (secondary N) is 2. The van der Waals surface area contributed by atoms with Crippen molar-refractivity contribution in [1.82, 2.24) is 15.5 Å². The molecule has 158 valence electrons. The van der Waals surface area contributed by atoms with Gasteiger partial charge in [0.15, 0.2) is 6.61 Å². The van der Waals surface area contributed by atoms with E-state index in [1.807, 2.05) is 0 Å². The fraction of sp³-hybridized carbons (Fsp3) is 0.500. The first-order valence-corrected chi connectivity index (χ1v) is 9.43. The maximum Gasteiger partial charge on any atom is 0.329 e. The van der Waals surface area contributed by atoms with Crippen LogP contribution >= 0.6 is 0 Å². The number of carbonyl (C=O) groups excluding carboxylic acids is 4. The number of hydrogen-bond donors (Lipinski definition) is 2. The summed E-state index contributed by atoms with van der Waals surface area (Å²) in [4.78, 5) is 49.6. The largest absolute Gasteiger partial charge is 0.454 e. The Morgan fingerprint density at radius 2 is 1.79 bits per heavy atom. The third-order valence-electron chi connectivity index (χ3n) is 4.40. The topological polar surface area (TPSA) is 105 Å². The summed E-state index contributed by atoms with van der Waals surface area (Å²) >= 11 is 0. The van der Waals surface area contributed by atoms with E-state index in [0.29, 0.717) is 0 Å². The van der Waals surface area contributed by atoms with Crippen molar-refractivity contribution in [1.29, 1.82) is 0 Å². The summed E-state index contributed by atoms with van der Waals surface area (Å²) in [6.45, 7) is 2.77. The van der Waals surface area contributed by atoms with Crippen LogP contribution in [0.1, 0.15) is 37.0 Å². The second kappa shape index (κ2) is 9.99. The Morgan fingerprint density at radius 1 is 1.17 bits per heavy atom. The molecule has 29 heavy (non-hydrogen) atoms. The zero-order valence-electron chi connectivity index (χ0n) is 16.7. The zero-order valence-corrected chi connectivity index (χ0v) is 16.7. The van der Waals surface area contributed by atoms with Crippen molar-refractivity contribution in [3.05, 3.63) is 35.6 Å². The van der Waals surface area contributed by atoms with Crippen molar-refractivity contribution in [2.45, 2.75) is 38.8 Å². The smallest absolute Gasteiger partial charge is 0.329 e. The zero-order chi connectivity index (χ0) is 21.6. The van der Waals surface area contributed by atoms with Gasteiger partial charge in [-0.1, -0.05) is 13.8 Å². The number of esters is 1. The second-order valence-electron chi connectivity index (χ2n) is 7.40. The quantitative estimate of drug-likeness (QED) is 0.591. The lowest BCUT2D eigenvalue weighted by Crippen LogP contribution is -2.46. The Kier molecular flexibility index (Phi) is 7.69. The minimum absolute atomic E-state index is 0.123. The summed E-state index contributed by atoms with van der Waals surface area (Å²) in [5.41, 5.74) is 0.197. The van der Waals surface area contributed by atoms with Gasteiger partial charge in [0.25, 0.3) is 11.8 Å². The molecule has 2 N–H and O–H groups in total. The lowest BCUT2D eigenvalue weighted by Gasteiger charge is -2.22. The standard InChI is InChI=1S/C20H26FN3O5/c1-12(2)18(23-19(27)13-4-6-14(21)7-5-13)20(28)29-11-17(26)24(3)10-16(25)22-15-8-9-15/h4-7,12,15,18H,8-11H2,1-3H3,(H,22,25)(H,23,27)/t18-/m0/s1. The molecule has 1 aliphatic carbocycles. The van der Waals surface area contributed by atoms with E-state index in [2.05, 4.69) is 10.6 Å². The molecule has 1 aromatic rings. The Labute approximate surface area is 168 Å². The molecule has 0 unspecified atom stereocenters. The summed E-state index contributed by atoms with van der Waals surface area (Å²) in [5, 5.41) is 5.31. The molecule has 1 aromatic carbocycles. The Bertz CT molecular complexity index is 762. The molecule has 3 amide bonds. The third kappa shape index (κ3) is 7.17. The van der Waals surface area contributed by atoms with Crippen molar-refractivity contribution in [2.24, 2.45) is 5.92 Å². The van der Waals surface area contributed by atoms with E-state index in [-0.39, 0.29) is 30.0 Å². The maximum atomic E-state index is 13.0. The van der Waals surface area contributed by atoms with Crippen LogP contribution in [0.4, 0.5) is 4.39 Å². The van der Waals surface area contributed by atoms with Crippen LogP contribution in [0.15, 0.2) is 24.3 Å². The van der Waals surface area contributed by atoms with Gasteiger partial charge in [0, 0.05) is 18.7 Å². The van der Waals surface area contributed by atoms with Crippen molar-refractivity contribution in [2.75, 3.05) is 20.2 Å². The number of likely N-dealkylation sites (N-methyl/N-ethyl adjacent to an activating group) is 1. The van der Waals surface area contributed by atoms with E-state index in [0.717, 1.165) is 25.0 Å². The normalized spacial score (nSPS) is 14.1. The van der Waals surface area contributed by atoms with Crippen LogP contribution in [-0.4, -0.2) is 60.9 Å². The first-order valence-electron chi connectivity index (χ1n) is 9.43. The summed E-state index contributed by atoms with van der Waals surface area (Å²) in [6.07, 6.45) is 1.89. The lowest BCUT2D eigenvalue weighted by molar-refractivity contribution is -0.154. The minimum Gasteiger partial charge on any atom is -0.454 e. The van der Waals surface area contributed by atoms with Gasteiger partial charge in [-0.3, -0.25) is 14.4 Å². The number of carbonyl (C=O) groups is 4. The highest BCUT2D eigenvalue weighted by Gasteiger charge is 2.28. The van der Waals surface area contributed by atoms with E-state index in [1.54, 1.807) is 13.8 Å². The van der Waals surface area contributed by atoms with Gasteiger partial charge in [0.2, 0.25) is 5.91 Å². The first kappa shape index (κ1) is 22.3. The molecule has 1 saturated carbocycles. The average molecular weight is 407 g/mol. The van der Waals surface area contributed by atoms with Gasteiger partial charge in [-0.15, -0.1) is 0 Å². The van der Waals surface area contributed by atoms with E-state index >= 15 is 0 Å². The SMILES string of the molecule is CC(C)[C@H](NC(=O)c1ccc(F)cc1)C(=O)OCC(=O)N(C)CC(=O)NC1CC1. The summed E-state index contributed by atoms with van der Waals surface area (Å²) in [7, 11) is 1.44. The summed E-state index contributed by atoms with van der Waals surface area (Å²) < 4.78 is 18.0. The molecule has 2 rings (SSSR count). The number of ether oxygens (including phenoxy) is 1. The number of amides is 3. The number of hydrogen-bond acceptors (Lipinski definition) is 5. The van der Waals surface area contributed by atoms with Crippen LogP contribution in [0.2, 0.25) is 0 Å². The van der Waals surface area contributed by atoms with Crippen LogP contribution in [0.25, 0.3) is 0 Å². The van der Waals surface area contributed by atoms with Gasteiger partial charge in [0.1, 0.15) is 11.9 Å². The molecule has 0 radical (unpaired) electrons. The van der Waals surface area contributed by atoms with Gasteiger partial charge in [-0.2, -0.15) is 0 Å². The molecule has 0 saturated heterocycles. The Balaban J connectivity index is 1.84. The lowest BCUT2D eigenvalue weighted by atomic mass is 10.0. The molecule has 0 heterocycles. The number of halogens is 1. The average Bonchev–Trinajstić information content (AvgIpc) is 3.47. The van der Waals surface area contributed by atoms with Crippen LogP contribution in [-0.2, 0) is 19.1 Å². The van der Waals surface area contributed by atoms with Crippen LogP contribution < -0.4 is 10.6 Å². The molecule has 9 heteroatoms. The second-order valence-corrected chi connectivity index (χ2v) is 7.40. The molecule has 1 aliphatic rings. The molecule has 8 nitrogen and oxygen atoms in total. The van der Waals surface area contributed by atoms with E-state index in [1.165, 1.54) is 24.1 Å². The van der Waals surface area contributed by atoms with Crippen molar-refractivity contribution < 1.29 is 28.3 Å². The molecule has 0 spiro atoms. The van der Waals surface area contributed by atoms with Gasteiger partial charge in [-0.05, 0) is 43.0 Å². The maximum absolute atomic E-state index is 13.0. The number of rotatable bonds is 9. The molecule has 0 bridgehead atoms. The monoisotopic (exact) mass is 407 g/mol. The molecule has 1 atom stereocenters. The predicted octanol–water partition coefficient (Wildman–Crippen LogP) is 0.860. The third-order valence-corrected chi connectivity index (χ3v) is 4.40. The molecular weight excluding hydrogens is 381 g/mol. The molecule has 0 aliphatic heterocycles. The number of benzene rings is 1. The fourth-order valence-corrected chi connectivity index (χ4v) is 2.46. The predicted molar refractivity (Wildman–Crippen MR) is 102 cm³/mol. The fourth-order valence-electron chi connectivity index (χ4n) is 2.46. The van der Waals surface area contributed by atoms with Gasteiger partial charge < -0.3 is 20.3 Å². The first-order chi connectivity index (χ1) is 13.7. The highest BCUT2D eigenvalue weighted by atomic mass is 19.1. The van der Waals surface area contributed by atoms with Gasteiger partial charge >= 0.3 is 5.97 Å². The number of nitrogens with zero attached hydrogens (tertiary/aromatic N) is 1. The van der Waals surface area contributed by atoms with Gasteiger partial charge in [0.05, 0.1) is 6.54 Å². The highest BCUT2D eigenvalue weighted by molar-refractivity contribution is 5.97. The van der Waals surface area contributed by atoms with Crippen molar-refractivity contribution in [3.63, 3.8) is 0 Å². The Morgan fingerprint density at radius 3 is 2.34 bits per heavy atom. The van der Waals surface area contributed by atoms with E-state index in [9.17, 15) is 23.6 Å². The van der Waals surface area contributed by atoms with Crippen molar-refractivity contribution in [3.8, 4) is 0 Å². The van der Waals surface area contributed by atoms with Crippen molar-refractivity contribution >= 4 is 23.7 Å². The highest BCUT2D eigenvalue weighted by Crippen LogP contribution is 2.18. The summed E-state index contributed by atoms with van der Waals surface area (Å²) in [6, 6.07) is 4.11. The molecule has 1 fully saturated rings. The van der Waals surface area contributed by atoms with E-state index in [4.69, 9.17) is 4.74 Å². The van der Waals surface area contributed by atoms with Crippen LogP contribution in [0.5, 0.6) is 0 Å². The Hall–Kier alpha value is -2.97. The van der Waals surface area contributed by atoms with Crippen LogP contribution in [0.3, 0.4) is 0 Å². The van der Waals surface area contributed by atoms with E-state index < -0.39 is 36.2 Å². The molecular formula is C20H26FN3O5. The summed E-state index contributed by atoms with van der Waals surface area (Å²) in [5.74, 6) is -2.89. The van der Waals surface area contributed by atoms with Gasteiger partial charge in [-0.25, -0.2) is 9.18 Å².